The Labute approximate surface area is 172 Å². The van der Waals surface area contributed by atoms with Crippen LogP contribution in [-0.4, -0.2) is 58.5 Å². The zero-order valence-electron chi connectivity index (χ0n) is 15.8. The summed E-state index contributed by atoms with van der Waals surface area (Å²) >= 11 is 5.60. The van der Waals surface area contributed by atoms with Crippen LogP contribution < -0.4 is 5.32 Å². The van der Waals surface area contributed by atoms with Crippen LogP contribution in [0.3, 0.4) is 0 Å². The van der Waals surface area contributed by atoms with E-state index in [0.717, 1.165) is 18.6 Å². The summed E-state index contributed by atoms with van der Waals surface area (Å²) in [6.45, 7) is 2.73. The highest BCUT2D eigenvalue weighted by Gasteiger charge is 2.47. The summed E-state index contributed by atoms with van der Waals surface area (Å²) in [4.78, 5) is 15.6. The fraction of sp³-hybridized carbons (Fsp3) is 0.842. The molecule has 2 aliphatic heterocycles. The maximum Gasteiger partial charge on any atom is 0.391 e. The van der Waals surface area contributed by atoms with Crippen molar-refractivity contribution in [1.82, 2.24) is 10.2 Å². The van der Waals surface area contributed by atoms with Crippen LogP contribution in [-0.2, 0) is 4.79 Å². The molecule has 27 heavy (non-hydrogen) atoms. The van der Waals surface area contributed by atoms with Crippen LogP contribution in [0.5, 0.6) is 0 Å². The second-order valence-electron chi connectivity index (χ2n) is 7.96. The lowest BCUT2D eigenvalue weighted by Gasteiger charge is -2.38. The number of carbonyl (C=O) groups excluding carboxylic acids is 1. The van der Waals surface area contributed by atoms with Crippen LogP contribution in [0.1, 0.15) is 39.0 Å². The zero-order valence-corrected chi connectivity index (χ0v) is 18.2. The van der Waals surface area contributed by atoms with Crippen molar-refractivity contribution in [3.63, 3.8) is 0 Å². The summed E-state index contributed by atoms with van der Waals surface area (Å²) in [6.07, 6.45) is 0.477. The molecule has 8 heteroatoms. The smallest absolute Gasteiger partial charge is 0.336 e. The Balaban J connectivity index is 1.64. The first kappa shape index (κ1) is 21.5. The number of nitrogens with one attached hydrogen (secondary N) is 1. The number of hydrogen-bond donors (Lipinski definition) is 1. The topological polar surface area (TPSA) is 32.3 Å². The lowest BCUT2D eigenvalue weighted by atomic mass is 9.77. The van der Waals surface area contributed by atoms with Gasteiger partial charge in [0.2, 0.25) is 5.91 Å². The van der Waals surface area contributed by atoms with Gasteiger partial charge in [0.15, 0.2) is 0 Å². The predicted octanol–water partition coefficient (Wildman–Crippen LogP) is 4.37. The molecule has 0 spiro atoms. The number of nitrogens with zero attached hydrogens (tertiary/aromatic N) is 1. The van der Waals surface area contributed by atoms with Gasteiger partial charge in [0.1, 0.15) is 0 Å². The molecule has 0 radical (unpaired) electrons. The van der Waals surface area contributed by atoms with Crippen molar-refractivity contribution >= 4 is 33.6 Å². The van der Waals surface area contributed by atoms with Crippen molar-refractivity contribution < 1.29 is 18.0 Å². The van der Waals surface area contributed by atoms with E-state index in [-0.39, 0.29) is 30.7 Å². The number of hydrogen-bond acceptors (Lipinski definition) is 3. The van der Waals surface area contributed by atoms with E-state index in [1.54, 1.807) is 7.05 Å². The minimum absolute atomic E-state index is 0.00727. The van der Waals surface area contributed by atoms with E-state index in [0.29, 0.717) is 23.0 Å². The Morgan fingerprint density at radius 3 is 2.67 bits per heavy atom. The molecule has 3 nitrogen and oxygen atoms in total. The van der Waals surface area contributed by atoms with Crippen molar-refractivity contribution in [3.8, 4) is 0 Å². The minimum atomic E-state index is -4.17. The van der Waals surface area contributed by atoms with E-state index in [4.69, 9.17) is 0 Å². The summed E-state index contributed by atoms with van der Waals surface area (Å²) in [5.74, 6) is -0.536. The van der Waals surface area contributed by atoms with Gasteiger partial charge in [-0.1, -0.05) is 22.0 Å². The molecule has 154 valence electrons. The fourth-order valence-electron chi connectivity index (χ4n) is 4.64. The monoisotopic (exact) mass is 468 g/mol. The molecule has 3 rings (SSSR count). The van der Waals surface area contributed by atoms with E-state index >= 15 is 0 Å². The van der Waals surface area contributed by atoms with Gasteiger partial charge in [-0.25, -0.2) is 0 Å². The van der Waals surface area contributed by atoms with E-state index in [1.165, 1.54) is 5.57 Å². The van der Waals surface area contributed by atoms with Gasteiger partial charge in [0.05, 0.1) is 17.9 Å². The number of amides is 1. The highest BCUT2D eigenvalue weighted by Crippen LogP contribution is 2.41. The Bertz CT molecular complexity index is 586. The van der Waals surface area contributed by atoms with E-state index in [2.05, 4.69) is 34.2 Å². The maximum atomic E-state index is 13.1. The van der Waals surface area contributed by atoms with Crippen molar-refractivity contribution in [1.29, 1.82) is 0 Å². The van der Waals surface area contributed by atoms with Gasteiger partial charge in [0.25, 0.3) is 0 Å². The van der Waals surface area contributed by atoms with Crippen LogP contribution in [0.4, 0.5) is 13.2 Å². The van der Waals surface area contributed by atoms with Crippen LogP contribution in [0, 0.1) is 11.8 Å². The third-order valence-electron chi connectivity index (χ3n) is 6.31. The summed E-state index contributed by atoms with van der Waals surface area (Å²) in [5, 5.41) is 3.47. The molecule has 6 atom stereocenters. The molecule has 1 N–H and O–H groups in total. The van der Waals surface area contributed by atoms with Gasteiger partial charge >= 0.3 is 6.18 Å². The molecular weight excluding hydrogens is 441 g/mol. The van der Waals surface area contributed by atoms with Crippen LogP contribution >= 0.6 is 27.7 Å². The number of rotatable bonds is 3. The molecule has 1 saturated carbocycles. The van der Waals surface area contributed by atoms with Crippen LogP contribution in [0.2, 0.25) is 0 Å². The largest absolute Gasteiger partial charge is 0.391 e. The molecule has 3 fully saturated rings. The van der Waals surface area contributed by atoms with Gasteiger partial charge in [-0.05, 0) is 51.6 Å². The standard InChI is InChI=1S/C19H28BrF3N2OS/c1-11-12(7-15-9-14(20)10-27-15)5-6-25(11)18(26)16-4-3-13(19(21,22)23)8-17(16)24-2/h7,11,13-17,24H,3-6,8-10H2,1-2H3/b12-7+/t11?,13?,14?,15?,16-,17?/m1/s1. The Hall–Kier alpha value is -0.210. The molecule has 2 heterocycles. The molecule has 0 bridgehead atoms. The number of carbonyl (C=O) groups is 1. The molecule has 0 aromatic carbocycles. The third-order valence-corrected chi connectivity index (χ3v) is 8.79. The fourth-order valence-corrected chi connectivity index (χ4v) is 6.98. The Morgan fingerprint density at radius 1 is 1.33 bits per heavy atom. The summed E-state index contributed by atoms with van der Waals surface area (Å²) in [5.41, 5.74) is 1.30. The normalized spacial score (nSPS) is 39.3. The minimum Gasteiger partial charge on any atom is -0.336 e. The Morgan fingerprint density at radius 2 is 2.07 bits per heavy atom. The average molecular weight is 469 g/mol. The molecule has 2 saturated heterocycles. The molecule has 1 amide bonds. The van der Waals surface area contributed by atoms with Gasteiger partial charge in [-0.2, -0.15) is 24.9 Å². The van der Waals surface area contributed by atoms with E-state index < -0.39 is 18.1 Å². The lowest BCUT2D eigenvalue weighted by molar-refractivity contribution is -0.188. The zero-order chi connectivity index (χ0) is 19.8. The van der Waals surface area contributed by atoms with Gasteiger partial charge in [0, 0.05) is 28.4 Å². The van der Waals surface area contributed by atoms with Crippen molar-refractivity contribution in [2.75, 3.05) is 19.3 Å². The second-order valence-corrected chi connectivity index (χ2v) is 10.5. The van der Waals surface area contributed by atoms with Crippen LogP contribution in [0.25, 0.3) is 0 Å². The highest BCUT2D eigenvalue weighted by atomic mass is 79.9. The predicted molar refractivity (Wildman–Crippen MR) is 107 cm³/mol. The first-order chi connectivity index (χ1) is 12.7. The van der Waals surface area contributed by atoms with Gasteiger partial charge in [-0.3, -0.25) is 4.79 Å². The summed E-state index contributed by atoms with van der Waals surface area (Å²) < 4.78 is 39.2. The van der Waals surface area contributed by atoms with Crippen molar-refractivity contribution in [2.24, 2.45) is 11.8 Å². The van der Waals surface area contributed by atoms with Crippen molar-refractivity contribution in [3.05, 3.63) is 11.6 Å². The number of thioether (sulfide) groups is 1. The van der Waals surface area contributed by atoms with Gasteiger partial charge in [-0.15, -0.1) is 0 Å². The van der Waals surface area contributed by atoms with Crippen molar-refractivity contribution in [2.45, 2.75) is 67.4 Å². The highest BCUT2D eigenvalue weighted by molar-refractivity contribution is 9.09. The van der Waals surface area contributed by atoms with E-state index in [9.17, 15) is 18.0 Å². The first-order valence-corrected chi connectivity index (χ1v) is 11.7. The molecule has 5 unspecified atom stereocenters. The number of halogens is 4. The quantitative estimate of drug-likeness (QED) is 0.492. The SMILES string of the molecule is CNC1CC(C(F)(F)F)CC[C@H]1C(=O)N1CC/C(=C\C2CC(Br)CS2)C1C. The van der Waals surface area contributed by atoms with Crippen LogP contribution in [0.15, 0.2) is 11.6 Å². The Kier molecular flexibility index (Phi) is 6.89. The van der Waals surface area contributed by atoms with E-state index in [1.807, 2.05) is 16.7 Å². The second kappa shape index (κ2) is 8.66. The number of likely N-dealkylation sites (tertiary alicyclic amines) is 1. The molecule has 3 aliphatic rings. The first-order valence-electron chi connectivity index (χ1n) is 9.71. The molecule has 0 aromatic rings. The summed E-state index contributed by atoms with van der Waals surface area (Å²) in [6, 6.07) is -0.358. The molecule has 0 aromatic heterocycles. The lowest BCUT2D eigenvalue weighted by Crippen LogP contribution is -2.50. The third kappa shape index (κ3) is 4.86. The summed E-state index contributed by atoms with van der Waals surface area (Å²) in [7, 11) is 1.66. The van der Waals surface area contributed by atoms with Gasteiger partial charge < -0.3 is 10.2 Å². The average Bonchev–Trinajstić information content (AvgIpc) is 3.19. The molecule has 1 aliphatic carbocycles. The number of alkyl halides is 4. The molecular formula is C19H28BrF3N2OS. The maximum absolute atomic E-state index is 13.1.